The fourth-order valence-electron chi connectivity index (χ4n) is 4.88. The maximum atomic E-state index is 13.5. The molecule has 1 aromatic heterocycles. The van der Waals surface area contributed by atoms with Gasteiger partial charge in [-0.1, -0.05) is 26.0 Å². The number of nitrogens with one attached hydrogen (secondary N) is 1. The molecule has 0 radical (unpaired) electrons. The van der Waals surface area contributed by atoms with Crippen molar-refractivity contribution in [2.75, 3.05) is 20.2 Å². The third-order valence-electron chi connectivity index (χ3n) is 6.46. The maximum Gasteiger partial charge on any atom is 0.243 e. The van der Waals surface area contributed by atoms with Gasteiger partial charge in [0.2, 0.25) is 10.0 Å². The minimum Gasteiger partial charge on any atom is -0.486 e. The number of likely N-dealkylation sites (N-methyl/N-ethyl adjacent to an activating group) is 1. The van der Waals surface area contributed by atoms with Gasteiger partial charge in [0.25, 0.3) is 0 Å². The first-order valence-corrected chi connectivity index (χ1v) is 12.5. The topological polar surface area (TPSA) is 88.7 Å². The van der Waals surface area contributed by atoms with Crippen LogP contribution >= 0.6 is 0 Å². The number of ketones is 1. The number of para-hydroxylation sites is 2. The molecular weight excluding hydrogens is 440 g/mol. The standard InChI is InChI=1S/C25H28N2O5S/c1-15-9-17-18(26-19-11-25(2,3)12-20(28)24(17)19)10-23(15)33(29,30)27(4)13-16-14-31-21-7-5-6-8-22(21)32-16/h5-10,16,26H,11-14H2,1-4H3. The monoisotopic (exact) mass is 468 g/mol. The average molecular weight is 469 g/mol. The second-order valence-corrected chi connectivity index (χ2v) is 11.9. The van der Waals surface area contributed by atoms with Gasteiger partial charge in [0.05, 0.1) is 11.4 Å². The zero-order valence-electron chi connectivity index (χ0n) is 19.3. The van der Waals surface area contributed by atoms with E-state index in [2.05, 4.69) is 18.8 Å². The number of hydrogen-bond donors (Lipinski definition) is 1. The number of Topliss-reactive ketones (excluding diaryl/α,β-unsaturated/α-hetero) is 1. The summed E-state index contributed by atoms with van der Waals surface area (Å²) >= 11 is 0. The van der Waals surface area contributed by atoms with Crippen molar-refractivity contribution in [1.29, 1.82) is 0 Å². The van der Waals surface area contributed by atoms with Crippen LogP contribution in [0.2, 0.25) is 0 Å². The Hall–Kier alpha value is -2.84. The summed E-state index contributed by atoms with van der Waals surface area (Å²) < 4.78 is 39.9. The Balaban J connectivity index is 1.44. The van der Waals surface area contributed by atoms with Gasteiger partial charge in [0.1, 0.15) is 12.7 Å². The summed E-state index contributed by atoms with van der Waals surface area (Å²) in [6.45, 7) is 6.35. The van der Waals surface area contributed by atoms with Gasteiger partial charge < -0.3 is 14.5 Å². The van der Waals surface area contributed by atoms with Crippen LogP contribution in [-0.4, -0.2) is 49.8 Å². The quantitative estimate of drug-likeness (QED) is 0.623. The summed E-state index contributed by atoms with van der Waals surface area (Å²) in [5, 5.41) is 0.797. The highest BCUT2D eigenvalue weighted by molar-refractivity contribution is 7.89. The summed E-state index contributed by atoms with van der Waals surface area (Å²) in [4.78, 5) is 16.4. The predicted molar refractivity (Wildman–Crippen MR) is 126 cm³/mol. The van der Waals surface area contributed by atoms with Gasteiger partial charge in [-0.25, -0.2) is 8.42 Å². The smallest absolute Gasteiger partial charge is 0.243 e. The number of aromatic amines is 1. The van der Waals surface area contributed by atoms with Crippen LogP contribution in [0.1, 0.15) is 41.9 Å². The second kappa shape index (κ2) is 7.60. The molecule has 5 rings (SSSR count). The molecule has 1 atom stereocenters. The van der Waals surface area contributed by atoms with E-state index >= 15 is 0 Å². The first-order chi connectivity index (χ1) is 15.5. The molecule has 0 saturated carbocycles. The number of carbonyl (C=O) groups is 1. The number of carbonyl (C=O) groups excluding carboxylic acids is 1. The summed E-state index contributed by atoms with van der Waals surface area (Å²) in [5.74, 6) is 1.38. The van der Waals surface area contributed by atoms with E-state index in [0.717, 1.165) is 17.5 Å². The van der Waals surface area contributed by atoms with Crippen LogP contribution in [-0.2, 0) is 16.4 Å². The Kier molecular flexibility index (Phi) is 5.06. The minimum atomic E-state index is -3.78. The van der Waals surface area contributed by atoms with Crippen LogP contribution < -0.4 is 9.47 Å². The van der Waals surface area contributed by atoms with Gasteiger partial charge in [-0.05, 0) is 48.6 Å². The van der Waals surface area contributed by atoms with Crippen molar-refractivity contribution in [3.8, 4) is 11.5 Å². The number of aromatic nitrogens is 1. The Bertz CT molecular complexity index is 1370. The lowest BCUT2D eigenvalue weighted by Crippen LogP contribution is -2.41. The van der Waals surface area contributed by atoms with Crippen LogP contribution in [0.15, 0.2) is 41.3 Å². The number of H-pyrrole nitrogens is 1. The maximum absolute atomic E-state index is 13.5. The van der Waals surface area contributed by atoms with Crippen molar-refractivity contribution >= 4 is 26.7 Å². The molecule has 0 spiro atoms. The molecule has 1 aliphatic carbocycles. The summed E-state index contributed by atoms with van der Waals surface area (Å²) in [7, 11) is -2.23. The molecule has 2 aromatic carbocycles. The first kappa shape index (κ1) is 22.0. The molecule has 0 fully saturated rings. The predicted octanol–water partition coefficient (Wildman–Crippen LogP) is 4.09. The lowest BCUT2D eigenvalue weighted by Gasteiger charge is -2.29. The average Bonchev–Trinajstić information content (AvgIpc) is 3.08. The number of sulfonamides is 1. The molecule has 2 heterocycles. The number of benzene rings is 2. The highest BCUT2D eigenvalue weighted by Crippen LogP contribution is 2.39. The molecule has 2 aliphatic rings. The Labute approximate surface area is 193 Å². The fourth-order valence-corrected chi connectivity index (χ4v) is 6.32. The van der Waals surface area contributed by atoms with Crippen molar-refractivity contribution < 1.29 is 22.7 Å². The Morgan fingerprint density at radius 3 is 2.64 bits per heavy atom. The number of hydrogen-bond acceptors (Lipinski definition) is 5. The number of aryl methyl sites for hydroxylation is 1. The molecule has 7 nitrogen and oxygen atoms in total. The van der Waals surface area contributed by atoms with Gasteiger partial charge in [-0.2, -0.15) is 4.31 Å². The Morgan fingerprint density at radius 2 is 1.88 bits per heavy atom. The third kappa shape index (κ3) is 3.81. The van der Waals surface area contributed by atoms with E-state index in [1.807, 2.05) is 30.3 Å². The number of ether oxygens (including phenoxy) is 2. The van der Waals surface area contributed by atoms with Crippen LogP contribution in [0.25, 0.3) is 10.9 Å². The van der Waals surface area contributed by atoms with Gasteiger partial charge >= 0.3 is 0 Å². The normalized spacial score (nSPS) is 19.7. The van der Waals surface area contributed by atoms with Crippen LogP contribution in [0.5, 0.6) is 11.5 Å². The van der Waals surface area contributed by atoms with Crippen LogP contribution in [0, 0.1) is 12.3 Å². The molecule has 8 heteroatoms. The largest absolute Gasteiger partial charge is 0.486 e. The molecule has 1 N–H and O–H groups in total. The Morgan fingerprint density at radius 1 is 1.15 bits per heavy atom. The van der Waals surface area contributed by atoms with Crippen molar-refractivity contribution in [3.05, 3.63) is 53.2 Å². The molecule has 33 heavy (non-hydrogen) atoms. The van der Waals surface area contributed by atoms with Crippen molar-refractivity contribution in [3.63, 3.8) is 0 Å². The van der Waals surface area contributed by atoms with E-state index in [1.165, 1.54) is 4.31 Å². The van der Waals surface area contributed by atoms with E-state index < -0.39 is 16.1 Å². The molecule has 1 unspecified atom stereocenters. The van der Waals surface area contributed by atoms with E-state index in [-0.39, 0.29) is 29.2 Å². The SMILES string of the molecule is Cc1cc2c3c([nH]c2cc1S(=O)(=O)N(C)CC1COc2ccccc2O1)CC(C)(C)CC3=O. The first-order valence-electron chi connectivity index (χ1n) is 11.1. The fraction of sp³-hybridized carbons (Fsp3) is 0.400. The van der Waals surface area contributed by atoms with E-state index in [9.17, 15) is 13.2 Å². The van der Waals surface area contributed by atoms with Gasteiger partial charge in [0, 0.05) is 35.6 Å². The molecule has 1 aliphatic heterocycles. The van der Waals surface area contributed by atoms with Gasteiger partial charge in [0.15, 0.2) is 17.3 Å². The number of nitrogens with zero attached hydrogens (tertiary/aromatic N) is 1. The van der Waals surface area contributed by atoms with Gasteiger partial charge in [-0.15, -0.1) is 0 Å². The lowest BCUT2D eigenvalue weighted by molar-refractivity contribution is 0.0798. The molecule has 0 bridgehead atoms. The lowest BCUT2D eigenvalue weighted by atomic mass is 9.76. The van der Waals surface area contributed by atoms with Crippen LogP contribution in [0.3, 0.4) is 0 Å². The minimum absolute atomic E-state index is 0.106. The number of fused-ring (bicyclic) bond motifs is 4. The molecule has 3 aromatic rings. The second-order valence-electron chi connectivity index (χ2n) is 9.87. The zero-order valence-corrected chi connectivity index (χ0v) is 20.1. The molecule has 0 amide bonds. The van der Waals surface area contributed by atoms with Crippen molar-refractivity contribution in [2.45, 2.75) is 44.6 Å². The third-order valence-corrected chi connectivity index (χ3v) is 8.43. The zero-order chi connectivity index (χ0) is 23.5. The van der Waals surface area contributed by atoms with E-state index in [4.69, 9.17) is 9.47 Å². The summed E-state index contributed by atoms with van der Waals surface area (Å²) in [6, 6.07) is 10.8. The van der Waals surface area contributed by atoms with E-state index in [0.29, 0.717) is 34.6 Å². The molecule has 0 saturated heterocycles. The van der Waals surface area contributed by atoms with Crippen molar-refractivity contribution in [2.24, 2.45) is 5.41 Å². The highest BCUT2D eigenvalue weighted by atomic mass is 32.2. The van der Waals surface area contributed by atoms with Crippen molar-refractivity contribution in [1.82, 2.24) is 9.29 Å². The van der Waals surface area contributed by atoms with Gasteiger partial charge in [-0.3, -0.25) is 4.79 Å². The van der Waals surface area contributed by atoms with E-state index in [1.54, 1.807) is 20.0 Å². The highest BCUT2D eigenvalue weighted by Gasteiger charge is 2.35. The molecular formula is C25H28N2O5S. The number of rotatable bonds is 4. The van der Waals surface area contributed by atoms with Crippen LogP contribution in [0.4, 0.5) is 0 Å². The summed E-state index contributed by atoms with van der Waals surface area (Å²) in [6.07, 6.45) is 0.826. The molecule has 174 valence electrons. The summed E-state index contributed by atoms with van der Waals surface area (Å²) in [5.41, 5.74) is 2.77.